The molecule has 0 radical (unpaired) electrons. The Hall–Kier alpha value is -1.32. The summed E-state index contributed by atoms with van der Waals surface area (Å²) in [7, 11) is 1.40. The molecular formula is C11H18N2O2. The van der Waals surface area contributed by atoms with Crippen molar-refractivity contribution in [3.8, 4) is 0 Å². The van der Waals surface area contributed by atoms with Crippen LogP contribution >= 0.6 is 0 Å². The Morgan fingerprint density at radius 3 is 2.60 bits per heavy atom. The molecule has 84 valence electrons. The number of esters is 1. The van der Waals surface area contributed by atoms with Gasteiger partial charge in [0.15, 0.2) is 0 Å². The molecule has 1 heterocycles. The highest BCUT2D eigenvalue weighted by Gasteiger charge is 2.10. The summed E-state index contributed by atoms with van der Waals surface area (Å²) in [6, 6.07) is 0. The first-order chi connectivity index (χ1) is 7.10. The van der Waals surface area contributed by atoms with Gasteiger partial charge in [-0.25, -0.2) is 0 Å². The fourth-order valence-electron chi connectivity index (χ4n) is 1.76. The molecule has 0 saturated carbocycles. The fourth-order valence-corrected chi connectivity index (χ4v) is 1.76. The van der Waals surface area contributed by atoms with E-state index in [4.69, 9.17) is 0 Å². The summed E-state index contributed by atoms with van der Waals surface area (Å²) in [4.78, 5) is 11.0. The summed E-state index contributed by atoms with van der Waals surface area (Å²) in [5, 5.41) is 4.40. The first kappa shape index (κ1) is 11.8. The minimum atomic E-state index is -0.194. The maximum atomic E-state index is 11.0. The van der Waals surface area contributed by atoms with Crippen molar-refractivity contribution in [1.29, 1.82) is 0 Å². The van der Waals surface area contributed by atoms with Gasteiger partial charge in [-0.2, -0.15) is 5.10 Å². The number of methoxy groups -OCH3 is 1. The predicted octanol–water partition coefficient (Wildman–Crippen LogP) is 1.63. The second-order valence-electron chi connectivity index (χ2n) is 3.55. The second-order valence-corrected chi connectivity index (χ2v) is 3.55. The molecule has 0 amide bonds. The van der Waals surface area contributed by atoms with Gasteiger partial charge in [-0.1, -0.05) is 6.92 Å². The van der Waals surface area contributed by atoms with Gasteiger partial charge >= 0.3 is 5.97 Å². The minimum Gasteiger partial charge on any atom is -0.469 e. The quantitative estimate of drug-likeness (QED) is 0.709. The predicted molar refractivity (Wildman–Crippen MR) is 57.7 cm³/mol. The molecular weight excluding hydrogens is 192 g/mol. The molecule has 4 nitrogen and oxygen atoms in total. The summed E-state index contributed by atoms with van der Waals surface area (Å²) >= 11 is 0. The first-order valence-electron chi connectivity index (χ1n) is 5.19. The van der Waals surface area contributed by atoms with Crippen molar-refractivity contribution in [2.24, 2.45) is 0 Å². The smallest absolute Gasteiger partial charge is 0.307 e. The summed E-state index contributed by atoms with van der Waals surface area (Å²) in [6.07, 6.45) is 1.36. The molecule has 4 heteroatoms. The molecule has 0 N–H and O–H groups in total. The molecule has 0 aliphatic heterocycles. The standard InChI is InChI=1S/C11H18N2O2/c1-5-10-8(2)12-13(9(10)3)7-6-11(14)15-4/h5-7H2,1-4H3. The van der Waals surface area contributed by atoms with Crippen LogP contribution < -0.4 is 0 Å². The van der Waals surface area contributed by atoms with E-state index in [0.29, 0.717) is 13.0 Å². The van der Waals surface area contributed by atoms with Crippen molar-refractivity contribution in [3.63, 3.8) is 0 Å². The summed E-state index contributed by atoms with van der Waals surface area (Å²) in [6.45, 7) is 6.75. The molecule has 1 aromatic rings. The highest BCUT2D eigenvalue weighted by molar-refractivity contribution is 5.68. The Morgan fingerprint density at radius 1 is 1.47 bits per heavy atom. The zero-order valence-electron chi connectivity index (χ0n) is 9.83. The van der Waals surface area contributed by atoms with Crippen molar-refractivity contribution in [2.45, 2.75) is 40.2 Å². The van der Waals surface area contributed by atoms with Crippen molar-refractivity contribution in [2.75, 3.05) is 7.11 Å². The van der Waals surface area contributed by atoms with Crippen molar-refractivity contribution >= 4 is 5.97 Å². The van der Waals surface area contributed by atoms with E-state index in [1.165, 1.54) is 12.7 Å². The Morgan fingerprint density at radius 2 is 2.13 bits per heavy atom. The van der Waals surface area contributed by atoms with E-state index < -0.39 is 0 Å². The van der Waals surface area contributed by atoms with Crippen LogP contribution in [0.3, 0.4) is 0 Å². The number of rotatable bonds is 4. The average molecular weight is 210 g/mol. The van der Waals surface area contributed by atoms with Crippen molar-refractivity contribution < 1.29 is 9.53 Å². The molecule has 0 atom stereocenters. The molecule has 15 heavy (non-hydrogen) atoms. The normalized spacial score (nSPS) is 10.4. The van der Waals surface area contributed by atoms with E-state index in [1.54, 1.807) is 0 Å². The Balaban J connectivity index is 2.74. The minimum absolute atomic E-state index is 0.194. The Kier molecular flexibility index (Phi) is 3.88. The fraction of sp³-hybridized carbons (Fsp3) is 0.636. The zero-order chi connectivity index (χ0) is 11.4. The van der Waals surface area contributed by atoms with E-state index in [9.17, 15) is 4.79 Å². The van der Waals surface area contributed by atoms with Crippen LogP contribution in [0, 0.1) is 13.8 Å². The van der Waals surface area contributed by atoms with Crippen molar-refractivity contribution in [3.05, 3.63) is 17.0 Å². The van der Waals surface area contributed by atoms with Crippen LogP contribution in [0.25, 0.3) is 0 Å². The average Bonchev–Trinajstić information content (AvgIpc) is 2.50. The van der Waals surface area contributed by atoms with Crippen LogP contribution in [0.1, 0.15) is 30.3 Å². The van der Waals surface area contributed by atoms with E-state index in [-0.39, 0.29) is 5.97 Å². The van der Waals surface area contributed by atoms with Crippen LogP contribution in [-0.2, 0) is 22.5 Å². The van der Waals surface area contributed by atoms with Crippen LogP contribution in [0.5, 0.6) is 0 Å². The van der Waals surface area contributed by atoms with Gasteiger partial charge in [0.05, 0.1) is 25.8 Å². The third-order valence-corrected chi connectivity index (χ3v) is 2.64. The molecule has 0 saturated heterocycles. The first-order valence-corrected chi connectivity index (χ1v) is 5.19. The maximum Gasteiger partial charge on any atom is 0.307 e. The number of carbonyl (C=O) groups is 1. The van der Waals surface area contributed by atoms with Gasteiger partial charge in [-0.15, -0.1) is 0 Å². The lowest BCUT2D eigenvalue weighted by molar-refractivity contribution is -0.140. The summed E-state index contributed by atoms with van der Waals surface area (Å²) in [5.74, 6) is -0.194. The van der Waals surface area contributed by atoms with Gasteiger partial charge in [0.2, 0.25) is 0 Å². The molecule has 1 aromatic heterocycles. The monoisotopic (exact) mass is 210 g/mol. The number of ether oxygens (including phenoxy) is 1. The molecule has 0 fully saturated rings. The van der Waals surface area contributed by atoms with Crippen LogP contribution in [-0.4, -0.2) is 22.9 Å². The molecule has 0 aromatic carbocycles. The van der Waals surface area contributed by atoms with Crippen molar-refractivity contribution in [1.82, 2.24) is 9.78 Å². The third kappa shape index (κ3) is 2.58. The number of nitrogens with zero attached hydrogens (tertiary/aromatic N) is 2. The molecule has 0 aliphatic carbocycles. The van der Waals surface area contributed by atoms with Gasteiger partial charge in [0, 0.05) is 5.69 Å². The van der Waals surface area contributed by atoms with Gasteiger partial charge < -0.3 is 4.74 Å². The highest BCUT2D eigenvalue weighted by Crippen LogP contribution is 2.13. The van der Waals surface area contributed by atoms with E-state index in [2.05, 4.69) is 16.8 Å². The van der Waals surface area contributed by atoms with E-state index in [0.717, 1.165) is 17.8 Å². The SMILES string of the molecule is CCc1c(C)nn(CCC(=O)OC)c1C. The van der Waals surface area contributed by atoms with Crippen LogP contribution in [0.2, 0.25) is 0 Å². The van der Waals surface area contributed by atoms with Gasteiger partial charge in [-0.05, 0) is 25.8 Å². The Bertz CT molecular complexity index is 356. The number of aromatic nitrogens is 2. The Labute approximate surface area is 90.2 Å². The molecule has 0 unspecified atom stereocenters. The summed E-state index contributed by atoms with van der Waals surface area (Å²) < 4.78 is 6.48. The lowest BCUT2D eigenvalue weighted by atomic mass is 10.1. The van der Waals surface area contributed by atoms with E-state index in [1.807, 2.05) is 18.5 Å². The second kappa shape index (κ2) is 4.96. The molecule has 0 bridgehead atoms. The largest absolute Gasteiger partial charge is 0.469 e. The van der Waals surface area contributed by atoms with Crippen LogP contribution in [0.4, 0.5) is 0 Å². The lowest BCUT2D eigenvalue weighted by Crippen LogP contribution is -2.09. The topological polar surface area (TPSA) is 44.1 Å². The summed E-state index contributed by atoms with van der Waals surface area (Å²) in [5.41, 5.74) is 3.48. The molecule has 1 rings (SSSR count). The maximum absolute atomic E-state index is 11.0. The van der Waals surface area contributed by atoms with Gasteiger partial charge in [0.25, 0.3) is 0 Å². The lowest BCUT2D eigenvalue weighted by Gasteiger charge is -2.03. The van der Waals surface area contributed by atoms with Gasteiger partial charge in [-0.3, -0.25) is 9.48 Å². The van der Waals surface area contributed by atoms with Gasteiger partial charge in [0.1, 0.15) is 0 Å². The number of aryl methyl sites for hydroxylation is 2. The highest BCUT2D eigenvalue weighted by atomic mass is 16.5. The zero-order valence-corrected chi connectivity index (χ0v) is 9.83. The third-order valence-electron chi connectivity index (χ3n) is 2.64. The van der Waals surface area contributed by atoms with Crippen LogP contribution in [0.15, 0.2) is 0 Å². The van der Waals surface area contributed by atoms with E-state index >= 15 is 0 Å². The molecule has 0 aliphatic rings. The molecule has 0 spiro atoms. The number of carbonyl (C=O) groups excluding carboxylic acids is 1. The number of hydrogen-bond donors (Lipinski definition) is 0. The number of hydrogen-bond acceptors (Lipinski definition) is 3.